The highest BCUT2D eigenvalue weighted by Gasteiger charge is 2.30. The number of unbranched alkanes of at least 4 members (excludes halogenated alkanes) is 48. The van der Waals surface area contributed by atoms with Crippen molar-refractivity contribution in [3.05, 3.63) is 93.5 Å². The Kier molecular flexibility index (Phi) is 42.1. The number of aryl methyl sites for hydroxylation is 7. The number of H-pyrrole nitrogens is 2. The van der Waals surface area contributed by atoms with Gasteiger partial charge in [0.15, 0.2) is 23.3 Å². The highest BCUT2D eigenvalue weighted by atomic mass is 16.3. The molecule has 0 spiro atoms. The van der Waals surface area contributed by atoms with Crippen molar-refractivity contribution < 1.29 is 5.11 Å². The van der Waals surface area contributed by atoms with Crippen molar-refractivity contribution in [2.45, 2.75) is 440 Å². The lowest BCUT2D eigenvalue weighted by molar-refractivity contribution is 0.282. The molecule has 3 N–H and O–H groups in total. The third-order valence-electron chi connectivity index (χ3n) is 24.8. The Morgan fingerprint density at radius 2 is 0.418 bits per heavy atom. The van der Waals surface area contributed by atoms with Gasteiger partial charge in [-0.15, -0.1) is 0 Å². The van der Waals surface area contributed by atoms with Gasteiger partial charge in [0.2, 0.25) is 0 Å². The molecule has 9 nitrogen and oxygen atoms in total. The van der Waals surface area contributed by atoms with Gasteiger partial charge in [-0.2, -0.15) is 0 Å². The largest absolute Gasteiger partial charge is 0.396 e. The molecule has 2 aliphatic rings. The molecule has 5 heterocycles. The summed E-state index contributed by atoms with van der Waals surface area (Å²) < 4.78 is 0. The number of nitrogens with zero attached hydrogens (tertiary/aromatic N) is 6. The molecule has 0 radical (unpaired) electrons. The number of fused-ring (bicyclic) bond motifs is 20. The maximum Gasteiger partial charge on any atom is 0.165 e. The Morgan fingerprint density at radius 3 is 0.691 bits per heavy atom. The lowest BCUT2D eigenvalue weighted by Crippen LogP contribution is -1.98. The van der Waals surface area contributed by atoms with Gasteiger partial charge in [-0.05, 0) is 135 Å². The average molecular weight is 1500 g/mol. The van der Waals surface area contributed by atoms with Gasteiger partial charge >= 0.3 is 0 Å². The minimum atomic E-state index is 0.288. The van der Waals surface area contributed by atoms with Gasteiger partial charge in [0, 0.05) is 50.4 Å². The van der Waals surface area contributed by atoms with E-state index in [1.165, 1.54) is 367 Å². The summed E-state index contributed by atoms with van der Waals surface area (Å²) in [5.41, 5.74) is 17.6. The zero-order valence-electron chi connectivity index (χ0n) is 71.4. The number of benzene rings is 4. The van der Waals surface area contributed by atoms with Crippen LogP contribution in [0.1, 0.15) is 434 Å². The maximum absolute atomic E-state index is 9.55. The molecule has 0 aliphatic carbocycles. The van der Waals surface area contributed by atoms with E-state index in [1.54, 1.807) is 0 Å². The topological polar surface area (TPSA) is 129 Å². The van der Waals surface area contributed by atoms with Crippen LogP contribution in [0.4, 0.5) is 0 Å². The first-order valence-corrected chi connectivity index (χ1v) is 47.4. The first kappa shape index (κ1) is 88.2. The van der Waals surface area contributed by atoms with Crippen LogP contribution in [-0.4, -0.2) is 51.6 Å². The second-order valence-electron chi connectivity index (χ2n) is 34.1. The summed E-state index contributed by atoms with van der Waals surface area (Å²) in [5, 5.41) is 14.2. The fourth-order valence-corrected chi connectivity index (χ4v) is 18.2. The minimum absolute atomic E-state index is 0.288. The molecule has 2 aliphatic heterocycles. The zero-order chi connectivity index (χ0) is 76.8. The molecule has 0 saturated carbocycles. The van der Waals surface area contributed by atoms with Gasteiger partial charge in [-0.1, -0.05) is 398 Å². The lowest BCUT2D eigenvalue weighted by Gasteiger charge is -2.13. The molecule has 3 aromatic heterocycles. The molecule has 9 heteroatoms. The highest BCUT2D eigenvalue weighted by Crippen LogP contribution is 2.45. The molecule has 0 saturated heterocycles. The van der Waals surface area contributed by atoms with Gasteiger partial charge in [-0.3, -0.25) is 0 Å². The Morgan fingerprint density at radius 1 is 0.209 bits per heavy atom. The molecule has 0 amide bonds. The van der Waals surface area contributed by atoms with Crippen molar-refractivity contribution in [1.82, 2.24) is 39.9 Å². The molecule has 7 aromatic rings. The number of aliphatic hydroxyl groups excluding tert-OH is 1. The first-order valence-electron chi connectivity index (χ1n) is 47.4. The van der Waals surface area contributed by atoms with Crippen LogP contribution in [0.3, 0.4) is 0 Å². The summed E-state index contributed by atoms with van der Waals surface area (Å²) in [4.78, 5) is 44.4. The third kappa shape index (κ3) is 28.0. The minimum Gasteiger partial charge on any atom is -0.396 e. The van der Waals surface area contributed by atoms with Gasteiger partial charge < -0.3 is 15.1 Å². The number of hydrogen-bond donors (Lipinski definition) is 3. The number of aromatic amines is 2. The van der Waals surface area contributed by atoms with E-state index in [0.29, 0.717) is 0 Å². The van der Waals surface area contributed by atoms with Crippen molar-refractivity contribution >= 4 is 44.1 Å². The molecular formula is C101H156N8O. The molecule has 9 rings (SSSR count). The molecule has 4 aromatic carbocycles. The Balaban J connectivity index is 1.32. The molecule has 8 bridgehead atoms. The van der Waals surface area contributed by atoms with Crippen molar-refractivity contribution in [3.63, 3.8) is 0 Å². The van der Waals surface area contributed by atoms with E-state index in [0.717, 1.165) is 159 Å². The second-order valence-corrected chi connectivity index (χ2v) is 34.1. The van der Waals surface area contributed by atoms with E-state index >= 15 is 0 Å². The fraction of sp³-hybridized carbons (Fsp3) is 0.683. The molecule has 0 fully saturated rings. The van der Waals surface area contributed by atoms with Crippen LogP contribution in [0.25, 0.3) is 89.7 Å². The summed E-state index contributed by atoms with van der Waals surface area (Å²) in [5.74, 6) is 3.12. The Hall–Kier alpha value is -5.80. The number of hydrogen-bond acceptors (Lipinski definition) is 7. The van der Waals surface area contributed by atoms with Crippen LogP contribution in [0.5, 0.6) is 0 Å². The number of nitrogens with one attached hydrogen (secondary N) is 2. The summed E-state index contributed by atoms with van der Waals surface area (Å²) in [7, 11) is 0. The lowest BCUT2D eigenvalue weighted by atomic mass is 9.91. The second kappa shape index (κ2) is 52.6. The van der Waals surface area contributed by atoms with Gasteiger partial charge in [0.05, 0.1) is 0 Å². The standard InChI is InChI=1S/C101H156N8O/c1-7-13-19-25-31-38-47-55-64-80-72-73-81(65-56-48-39-32-26-20-14-8-2)89-88(80)96-103-94-86-71-62-70-79(63-54-46-44-37-45-53-61-78-110)87(86)95(102-94)104-97-90-82(66-57-49-40-33-27-21-15-9-3)74-75-83(67-58-50-41-34-28-22-16-10-4)91(90)99(106-97)108-101-93-85(69-60-52-43-36-30-24-18-12-6)77-76-84(68-59-51-42-35-29-23-17-11-5)92(93)100(109-101)107-98(89)105-96/h62,70-77,110H,7-61,63-69,78H2,1-6H3,(H2,102,103,104,105,106,107,108,109). The SMILES string of the molecule is CCCCCCCCCCc1ccc(CCCCCCCCCC)c2c1-c1nc-2nc2[nH]c(nc3nc(nc4[nH]c(n1)c1cccc(CCCCCCCCCO)c41)-c1c(CCCCCCCCCC)ccc(CCCCCCCCCC)c1-3)c1c(CCCCCCCCCC)ccc(CCCCCCCCCC)c21. The summed E-state index contributed by atoms with van der Waals surface area (Å²) in [6, 6.07) is 21.9. The van der Waals surface area contributed by atoms with Crippen LogP contribution < -0.4 is 0 Å². The van der Waals surface area contributed by atoms with E-state index in [-0.39, 0.29) is 6.61 Å². The zero-order valence-corrected chi connectivity index (χ0v) is 71.4. The van der Waals surface area contributed by atoms with E-state index < -0.39 is 0 Å². The summed E-state index contributed by atoms with van der Waals surface area (Å²) in [6.45, 7) is 14.3. The fourth-order valence-electron chi connectivity index (χ4n) is 18.2. The van der Waals surface area contributed by atoms with E-state index in [2.05, 4.69) is 106 Å². The highest BCUT2D eigenvalue weighted by molar-refractivity contribution is 6.09. The van der Waals surface area contributed by atoms with E-state index in [9.17, 15) is 5.11 Å². The first-order chi connectivity index (χ1) is 54.4. The maximum atomic E-state index is 9.55. The summed E-state index contributed by atoms with van der Waals surface area (Å²) >= 11 is 0. The Bertz CT molecular complexity index is 3860. The van der Waals surface area contributed by atoms with Gasteiger partial charge in [0.1, 0.15) is 22.6 Å². The van der Waals surface area contributed by atoms with Crippen LogP contribution in [0, 0.1) is 0 Å². The molecular weight excluding hydrogens is 1340 g/mol. The van der Waals surface area contributed by atoms with Crippen LogP contribution in [0.15, 0.2) is 54.6 Å². The van der Waals surface area contributed by atoms with E-state index in [1.807, 2.05) is 0 Å². The Labute approximate surface area is 670 Å². The van der Waals surface area contributed by atoms with Crippen molar-refractivity contribution in [2.75, 3.05) is 6.61 Å². The number of aromatic nitrogens is 8. The monoisotopic (exact) mass is 1500 g/mol. The van der Waals surface area contributed by atoms with Crippen LogP contribution >= 0.6 is 0 Å². The molecule has 0 atom stereocenters. The predicted octanol–water partition coefficient (Wildman–Crippen LogP) is 31.2. The van der Waals surface area contributed by atoms with Crippen LogP contribution in [0.2, 0.25) is 0 Å². The molecule has 110 heavy (non-hydrogen) atoms. The normalized spacial score (nSPS) is 12.1. The molecule has 0 unspecified atom stereocenters. The van der Waals surface area contributed by atoms with Crippen molar-refractivity contribution in [1.29, 1.82) is 0 Å². The third-order valence-corrected chi connectivity index (χ3v) is 24.8. The van der Waals surface area contributed by atoms with E-state index in [4.69, 9.17) is 29.9 Å². The number of aliphatic hydroxyl groups is 1. The average Bonchev–Trinajstić information content (AvgIpc) is 1.58. The van der Waals surface area contributed by atoms with Crippen LogP contribution in [-0.2, 0) is 44.9 Å². The van der Waals surface area contributed by atoms with Gasteiger partial charge in [-0.25, -0.2) is 29.9 Å². The summed E-state index contributed by atoms with van der Waals surface area (Å²) in [6.07, 6.45) is 76.3. The van der Waals surface area contributed by atoms with Gasteiger partial charge in [0.25, 0.3) is 0 Å². The smallest absolute Gasteiger partial charge is 0.165 e. The quantitative estimate of drug-likeness (QED) is 0.0324. The number of rotatable bonds is 63. The predicted molar refractivity (Wildman–Crippen MR) is 477 cm³/mol. The van der Waals surface area contributed by atoms with Crippen molar-refractivity contribution in [2.24, 2.45) is 0 Å². The molecule has 606 valence electrons. The van der Waals surface area contributed by atoms with Crippen molar-refractivity contribution in [3.8, 4) is 45.6 Å².